The molecule has 1 aromatic rings. The van der Waals surface area contributed by atoms with Gasteiger partial charge in [-0.1, -0.05) is 30.9 Å². The predicted molar refractivity (Wildman–Crippen MR) is 79.1 cm³/mol. The van der Waals surface area contributed by atoms with Crippen LogP contribution in [0.5, 0.6) is 0 Å². The molecule has 1 atom stereocenters. The monoisotopic (exact) mass is 300 g/mol. The fourth-order valence-electron chi connectivity index (χ4n) is 3.16. The maximum absolute atomic E-state index is 13.9. The Morgan fingerprint density at radius 2 is 2.10 bits per heavy atom. The normalized spacial score (nSPS) is 19.8. The standard InChI is InChI=1S/C15H22ClFN2O/c1-20-15(7-3-2-4-8-15)14(19-18)10-11-9-12(16)5-6-13(11)17/h5-6,9,14,19H,2-4,7-8,10,18H2,1H3. The molecule has 0 aromatic heterocycles. The minimum Gasteiger partial charge on any atom is -0.377 e. The Kier molecular flexibility index (Phi) is 5.38. The Morgan fingerprint density at radius 1 is 1.40 bits per heavy atom. The van der Waals surface area contributed by atoms with Gasteiger partial charge in [0.2, 0.25) is 0 Å². The fourth-order valence-corrected chi connectivity index (χ4v) is 3.36. The lowest BCUT2D eigenvalue weighted by Crippen LogP contribution is -2.56. The summed E-state index contributed by atoms with van der Waals surface area (Å²) in [7, 11) is 1.71. The van der Waals surface area contributed by atoms with Crippen LogP contribution in [-0.2, 0) is 11.2 Å². The third-order valence-corrected chi connectivity index (χ3v) is 4.61. The summed E-state index contributed by atoms with van der Waals surface area (Å²) in [6, 6.07) is 4.48. The van der Waals surface area contributed by atoms with Crippen molar-refractivity contribution in [3.05, 3.63) is 34.6 Å². The lowest BCUT2D eigenvalue weighted by Gasteiger charge is -2.42. The van der Waals surface area contributed by atoms with E-state index in [2.05, 4.69) is 5.43 Å². The number of rotatable bonds is 5. The van der Waals surface area contributed by atoms with Crippen molar-refractivity contribution in [2.24, 2.45) is 5.84 Å². The second kappa shape index (κ2) is 6.85. The molecule has 3 nitrogen and oxygen atoms in total. The van der Waals surface area contributed by atoms with Crippen molar-refractivity contribution < 1.29 is 9.13 Å². The Hall–Kier alpha value is -0.680. The third-order valence-electron chi connectivity index (χ3n) is 4.37. The smallest absolute Gasteiger partial charge is 0.126 e. The molecule has 20 heavy (non-hydrogen) atoms. The van der Waals surface area contributed by atoms with Gasteiger partial charge in [0.1, 0.15) is 5.82 Å². The van der Waals surface area contributed by atoms with Gasteiger partial charge < -0.3 is 4.74 Å². The van der Waals surface area contributed by atoms with E-state index >= 15 is 0 Å². The molecule has 3 N–H and O–H groups in total. The summed E-state index contributed by atoms with van der Waals surface area (Å²) in [5.41, 5.74) is 3.08. The number of benzene rings is 1. The Balaban J connectivity index is 2.21. The zero-order valence-electron chi connectivity index (χ0n) is 11.8. The molecule has 1 aliphatic rings. The second-order valence-corrected chi connectivity index (χ2v) is 5.93. The first-order valence-corrected chi connectivity index (χ1v) is 7.44. The van der Waals surface area contributed by atoms with Crippen LogP contribution in [0.2, 0.25) is 5.02 Å². The second-order valence-electron chi connectivity index (χ2n) is 5.49. The molecule has 0 saturated heterocycles. The van der Waals surface area contributed by atoms with Gasteiger partial charge in [0.25, 0.3) is 0 Å². The maximum Gasteiger partial charge on any atom is 0.126 e. The lowest BCUT2D eigenvalue weighted by molar-refractivity contribution is -0.0675. The Bertz CT molecular complexity index is 449. The minimum atomic E-state index is -0.318. The minimum absolute atomic E-state index is 0.124. The maximum atomic E-state index is 13.9. The number of halogens is 2. The van der Waals surface area contributed by atoms with Crippen LogP contribution in [0.25, 0.3) is 0 Å². The molecular weight excluding hydrogens is 279 g/mol. The molecule has 0 radical (unpaired) electrons. The van der Waals surface area contributed by atoms with Crippen molar-refractivity contribution in [2.45, 2.75) is 50.2 Å². The highest BCUT2D eigenvalue weighted by atomic mass is 35.5. The van der Waals surface area contributed by atoms with Crippen molar-refractivity contribution in [3.63, 3.8) is 0 Å². The van der Waals surface area contributed by atoms with Crippen LogP contribution >= 0.6 is 11.6 Å². The zero-order chi connectivity index (χ0) is 14.6. The largest absolute Gasteiger partial charge is 0.377 e. The van der Waals surface area contributed by atoms with Crippen LogP contribution in [0.4, 0.5) is 4.39 Å². The highest BCUT2D eigenvalue weighted by Gasteiger charge is 2.39. The van der Waals surface area contributed by atoms with E-state index in [1.54, 1.807) is 19.2 Å². The first-order valence-electron chi connectivity index (χ1n) is 7.06. The summed E-state index contributed by atoms with van der Waals surface area (Å²) in [6.07, 6.45) is 5.81. The van der Waals surface area contributed by atoms with Crippen molar-refractivity contribution in [1.82, 2.24) is 5.43 Å². The van der Waals surface area contributed by atoms with E-state index in [-0.39, 0.29) is 17.5 Å². The Morgan fingerprint density at radius 3 is 2.70 bits per heavy atom. The van der Waals surface area contributed by atoms with Crippen molar-refractivity contribution >= 4 is 11.6 Å². The highest BCUT2D eigenvalue weighted by Crippen LogP contribution is 2.35. The van der Waals surface area contributed by atoms with Crippen molar-refractivity contribution in [3.8, 4) is 0 Å². The molecule has 1 aromatic carbocycles. The van der Waals surface area contributed by atoms with Gasteiger partial charge in [-0.05, 0) is 43.0 Å². The van der Waals surface area contributed by atoms with Gasteiger partial charge in [-0.25, -0.2) is 4.39 Å². The van der Waals surface area contributed by atoms with Crippen LogP contribution in [-0.4, -0.2) is 18.8 Å². The van der Waals surface area contributed by atoms with Gasteiger partial charge in [-0.15, -0.1) is 0 Å². The Labute approximate surface area is 124 Å². The number of nitrogens with one attached hydrogen (secondary N) is 1. The molecule has 2 rings (SSSR count). The van der Waals surface area contributed by atoms with Gasteiger partial charge in [0.15, 0.2) is 0 Å². The van der Waals surface area contributed by atoms with Crippen molar-refractivity contribution in [2.75, 3.05) is 7.11 Å². The molecule has 0 bridgehead atoms. The molecule has 0 aliphatic heterocycles. The third kappa shape index (κ3) is 3.31. The van der Waals surface area contributed by atoms with E-state index in [4.69, 9.17) is 22.2 Å². The van der Waals surface area contributed by atoms with Gasteiger partial charge >= 0.3 is 0 Å². The van der Waals surface area contributed by atoms with E-state index < -0.39 is 0 Å². The number of hydrogen-bond acceptors (Lipinski definition) is 3. The molecule has 0 amide bonds. The van der Waals surface area contributed by atoms with Crippen LogP contribution in [0, 0.1) is 5.82 Å². The van der Waals surface area contributed by atoms with E-state index in [0.717, 1.165) is 25.7 Å². The molecule has 1 fully saturated rings. The average Bonchev–Trinajstić information content (AvgIpc) is 2.48. The van der Waals surface area contributed by atoms with Crippen LogP contribution in [0.1, 0.15) is 37.7 Å². The molecule has 1 unspecified atom stereocenters. The molecule has 1 aliphatic carbocycles. The summed E-state index contributed by atoms with van der Waals surface area (Å²) in [4.78, 5) is 0. The fraction of sp³-hybridized carbons (Fsp3) is 0.600. The molecule has 112 valence electrons. The van der Waals surface area contributed by atoms with E-state index in [9.17, 15) is 4.39 Å². The van der Waals surface area contributed by atoms with Crippen LogP contribution < -0.4 is 11.3 Å². The van der Waals surface area contributed by atoms with Crippen LogP contribution in [0.15, 0.2) is 18.2 Å². The lowest BCUT2D eigenvalue weighted by atomic mass is 9.77. The van der Waals surface area contributed by atoms with E-state index in [0.29, 0.717) is 17.0 Å². The highest BCUT2D eigenvalue weighted by molar-refractivity contribution is 6.30. The number of methoxy groups -OCH3 is 1. The van der Waals surface area contributed by atoms with Crippen LogP contribution in [0.3, 0.4) is 0 Å². The van der Waals surface area contributed by atoms with E-state index in [1.807, 2.05) is 0 Å². The average molecular weight is 301 g/mol. The topological polar surface area (TPSA) is 47.3 Å². The predicted octanol–water partition coefficient (Wildman–Crippen LogP) is 3.20. The number of hydrogen-bond donors (Lipinski definition) is 2. The quantitative estimate of drug-likeness (QED) is 0.648. The molecule has 0 spiro atoms. The SMILES string of the molecule is COC1(C(Cc2cc(Cl)ccc2F)NN)CCCCC1. The van der Waals surface area contributed by atoms with E-state index in [1.165, 1.54) is 12.5 Å². The summed E-state index contributed by atoms with van der Waals surface area (Å²) >= 11 is 5.95. The molecular formula is C15H22ClFN2O. The van der Waals surface area contributed by atoms with Gasteiger partial charge in [-0.2, -0.15) is 0 Å². The summed E-state index contributed by atoms with van der Waals surface area (Å²) < 4.78 is 19.7. The van der Waals surface area contributed by atoms with Gasteiger partial charge in [0, 0.05) is 12.1 Å². The van der Waals surface area contributed by atoms with Gasteiger partial charge in [0.05, 0.1) is 11.6 Å². The summed E-state index contributed by atoms with van der Waals surface area (Å²) in [5, 5.41) is 0.535. The number of nitrogens with two attached hydrogens (primary N) is 1. The van der Waals surface area contributed by atoms with Crippen molar-refractivity contribution in [1.29, 1.82) is 0 Å². The molecule has 0 heterocycles. The first kappa shape index (κ1) is 15.7. The number of hydrazine groups is 1. The first-order chi connectivity index (χ1) is 9.61. The number of ether oxygens (including phenoxy) is 1. The summed E-state index contributed by atoms with van der Waals surface area (Å²) in [6.45, 7) is 0. The zero-order valence-corrected chi connectivity index (χ0v) is 12.5. The molecule has 1 saturated carbocycles. The molecule has 5 heteroatoms. The van der Waals surface area contributed by atoms with Gasteiger partial charge in [-0.3, -0.25) is 11.3 Å². The summed E-state index contributed by atoms with van der Waals surface area (Å²) in [5.74, 6) is 5.46.